The Morgan fingerprint density at radius 3 is 2.83 bits per heavy atom. The first-order valence-corrected chi connectivity index (χ1v) is 3.95. The van der Waals surface area contributed by atoms with Crippen molar-refractivity contribution in [2.45, 2.75) is 18.8 Å². The van der Waals surface area contributed by atoms with Crippen LogP contribution in [-0.2, 0) is 0 Å². The quantitative estimate of drug-likeness (QED) is 0.721. The van der Waals surface area contributed by atoms with Gasteiger partial charge in [0.1, 0.15) is 0 Å². The smallest absolute Gasteiger partial charge is 0.337 e. The first kappa shape index (κ1) is 7.28. The molecule has 1 aromatic rings. The van der Waals surface area contributed by atoms with Crippen LogP contribution in [0.3, 0.4) is 0 Å². The SMILES string of the molecule is O=C(O)c1cncc(C2CC2)c1. The Labute approximate surface area is 70.1 Å². The van der Waals surface area contributed by atoms with Gasteiger partial charge in [-0.3, -0.25) is 4.98 Å². The Balaban J connectivity index is 2.32. The van der Waals surface area contributed by atoms with Crippen molar-refractivity contribution in [3.8, 4) is 0 Å². The summed E-state index contributed by atoms with van der Waals surface area (Å²) in [5.41, 5.74) is 1.36. The predicted octanol–water partition coefficient (Wildman–Crippen LogP) is 1.66. The van der Waals surface area contributed by atoms with Crippen molar-refractivity contribution in [1.82, 2.24) is 4.98 Å². The number of carboxylic acid groups (broad SMARTS) is 1. The maximum absolute atomic E-state index is 10.6. The number of nitrogens with zero attached hydrogens (tertiary/aromatic N) is 1. The highest BCUT2D eigenvalue weighted by atomic mass is 16.4. The Morgan fingerprint density at radius 2 is 2.25 bits per heavy atom. The molecular formula is C9H9NO2. The molecule has 1 aliphatic rings. The van der Waals surface area contributed by atoms with Crippen LogP contribution in [0.15, 0.2) is 18.5 Å². The minimum Gasteiger partial charge on any atom is -0.478 e. The van der Waals surface area contributed by atoms with Crippen LogP contribution >= 0.6 is 0 Å². The summed E-state index contributed by atoms with van der Waals surface area (Å²) in [5.74, 6) is -0.332. The fourth-order valence-electron chi connectivity index (χ4n) is 1.21. The zero-order chi connectivity index (χ0) is 8.55. The largest absolute Gasteiger partial charge is 0.478 e. The lowest BCUT2D eigenvalue weighted by atomic mass is 10.1. The summed E-state index contributed by atoms with van der Waals surface area (Å²) in [6.45, 7) is 0. The van der Waals surface area contributed by atoms with E-state index >= 15 is 0 Å². The summed E-state index contributed by atoms with van der Waals surface area (Å²) in [6, 6.07) is 1.72. The maximum Gasteiger partial charge on any atom is 0.337 e. The van der Waals surface area contributed by atoms with Crippen molar-refractivity contribution in [1.29, 1.82) is 0 Å². The molecule has 0 bridgehead atoms. The van der Waals surface area contributed by atoms with E-state index in [-0.39, 0.29) is 0 Å². The van der Waals surface area contributed by atoms with Crippen LogP contribution < -0.4 is 0 Å². The fourth-order valence-corrected chi connectivity index (χ4v) is 1.21. The van der Waals surface area contributed by atoms with Gasteiger partial charge in [-0.2, -0.15) is 0 Å². The molecular weight excluding hydrogens is 154 g/mol. The zero-order valence-electron chi connectivity index (χ0n) is 6.53. The summed E-state index contributed by atoms with van der Waals surface area (Å²) in [5, 5.41) is 8.67. The summed E-state index contributed by atoms with van der Waals surface area (Å²) < 4.78 is 0. The van der Waals surface area contributed by atoms with E-state index in [1.165, 1.54) is 19.0 Å². The number of aromatic carboxylic acids is 1. The van der Waals surface area contributed by atoms with Gasteiger partial charge in [-0.25, -0.2) is 4.79 Å². The molecule has 2 rings (SSSR count). The molecule has 0 unspecified atom stereocenters. The summed E-state index contributed by atoms with van der Waals surface area (Å²) in [4.78, 5) is 14.4. The van der Waals surface area contributed by atoms with Gasteiger partial charge in [-0.1, -0.05) is 0 Å². The van der Waals surface area contributed by atoms with Gasteiger partial charge in [-0.15, -0.1) is 0 Å². The standard InChI is InChI=1S/C9H9NO2/c11-9(12)8-3-7(4-10-5-8)6-1-2-6/h3-6H,1-2H2,(H,11,12). The molecule has 1 aliphatic carbocycles. The molecule has 0 atom stereocenters. The van der Waals surface area contributed by atoms with Crippen molar-refractivity contribution >= 4 is 5.97 Å². The minimum atomic E-state index is -0.898. The fraction of sp³-hybridized carbons (Fsp3) is 0.333. The second-order valence-electron chi connectivity index (χ2n) is 3.09. The van der Waals surface area contributed by atoms with E-state index in [0.29, 0.717) is 11.5 Å². The number of aromatic nitrogens is 1. The van der Waals surface area contributed by atoms with Crippen molar-refractivity contribution in [3.63, 3.8) is 0 Å². The molecule has 1 fully saturated rings. The van der Waals surface area contributed by atoms with E-state index in [1.807, 2.05) is 0 Å². The van der Waals surface area contributed by atoms with Crippen molar-refractivity contribution in [2.24, 2.45) is 0 Å². The van der Waals surface area contributed by atoms with Crippen molar-refractivity contribution in [2.75, 3.05) is 0 Å². The second-order valence-corrected chi connectivity index (χ2v) is 3.09. The highest BCUT2D eigenvalue weighted by Crippen LogP contribution is 2.39. The lowest BCUT2D eigenvalue weighted by Crippen LogP contribution is -1.97. The Hall–Kier alpha value is -1.38. The van der Waals surface area contributed by atoms with Crippen molar-refractivity contribution < 1.29 is 9.90 Å². The van der Waals surface area contributed by atoms with Crippen LogP contribution in [0.25, 0.3) is 0 Å². The van der Waals surface area contributed by atoms with E-state index in [4.69, 9.17) is 5.11 Å². The van der Waals surface area contributed by atoms with Gasteiger partial charge in [0.15, 0.2) is 0 Å². The second kappa shape index (κ2) is 2.59. The summed E-state index contributed by atoms with van der Waals surface area (Å²) >= 11 is 0. The van der Waals surface area contributed by atoms with E-state index in [2.05, 4.69) is 4.98 Å². The third kappa shape index (κ3) is 1.30. The lowest BCUT2D eigenvalue weighted by molar-refractivity contribution is 0.0696. The number of pyridine rings is 1. The summed E-state index contributed by atoms with van der Waals surface area (Å²) in [6.07, 6.45) is 5.48. The summed E-state index contributed by atoms with van der Waals surface area (Å²) in [7, 11) is 0. The van der Waals surface area contributed by atoms with Crippen LogP contribution in [0.2, 0.25) is 0 Å². The Kier molecular flexibility index (Phi) is 1.57. The van der Waals surface area contributed by atoms with Gasteiger partial charge in [0, 0.05) is 12.4 Å². The lowest BCUT2D eigenvalue weighted by Gasteiger charge is -1.97. The van der Waals surface area contributed by atoms with Gasteiger partial charge in [-0.05, 0) is 30.4 Å². The Morgan fingerprint density at radius 1 is 1.50 bits per heavy atom. The number of carboxylic acids is 1. The molecule has 0 aliphatic heterocycles. The molecule has 0 saturated heterocycles. The van der Waals surface area contributed by atoms with Gasteiger partial charge in [0.05, 0.1) is 5.56 Å². The molecule has 0 aromatic carbocycles. The molecule has 0 amide bonds. The zero-order valence-corrected chi connectivity index (χ0v) is 6.53. The molecule has 62 valence electrons. The monoisotopic (exact) mass is 163 g/mol. The van der Waals surface area contributed by atoms with E-state index < -0.39 is 5.97 Å². The van der Waals surface area contributed by atoms with Gasteiger partial charge in [0.25, 0.3) is 0 Å². The van der Waals surface area contributed by atoms with E-state index in [0.717, 1.165) is 5.56 Å². The average molecular weight is 163 g/mol. The van der Waals surface area contributed by atoms with E-state index in [9.17, 15) is 4.79 Å². The molecule has 1 aromatic heterocycles. The first-order valence-electron chi connectivity index (χ1n) is 3.95. The number of carbonyl (C=O) groups is 1. The number of hydrogen-bond donors (Lipinski definition) is 1. The van der Waals surface area contributed by atoms with E-state index in [1.54, 1.807) is 12.3 Å². The highest BCUT2D eigenvalue weighted by Gasteiger charge is 2.24. The Bertz CT molecular complexity index is 318. The molecule has 3 heteroatoms. The van der Waals surface area contributed by atoms with Crippen LogP contribution in [0.1, 0.15) is 34.7 Å². The third-order valence-corrected chi connectivity index (χ3v) is 2.06. The number of rotatable bonds is 2. The first-order chi connectivity index (χ1) is 5.77. The molecule has 1 saturated carbocycles. The maximum atomic E-state index is 10.6. The molecule has 0 spiro atoms. The molecule has 1 N–H and O–H groups in total. The van der Waals surface area contributed by atoms with Crippen LogP contribution in [0, 0.1) is 0 Å². The molecule has 0 radical (unpaired) electrons. The number of hydrogen-bond acceptors (Lipinski definition) is 2. The molecule has 3 nitrogen and oxygen atoms in total. The minimum absolute atomic E-state index is 0.291. The van der Waals surface area contributed by atoms with Gasteiger partial charge >= 0.3 is 5.97 Å². The average Bonchev–Trinajstić information content (AvgIpc) is 2.87. The van der Waals surface area contributed by atoms with Crippen LogP contribution in [-0.4, -0.2) is 16.1 Å². The molecule has 1 heterocycles. The van der Waals surface area contributed by atoms with Crippen LogP contribution in [0.5, 0.6) is 0 Å². The van der Waals surface area contributed by atoms with Gasteiger partial charge in [0.2, 0.25) is 0 Å². The normalized spacial score (nSPS) is 16.0. The van der Waals surface area contributed by atoms with Crippen LogP contribution in [0.4, 0.5) is 0 Å². The topological polar surface area (TPSA) is 50.2 Å². The van der Waals surface area contributed by atoms with Gasteiger partial charge < -0.3 is 5.11 Å². The third-order valence-electron chi connectivity index (χ3n) is 2.06. The highest BCUT2D eigenvalue weighted by molar-refractivity contribution is 5.87. The molecule has 12 heavy (non-hydrogen) atoms. The van der Waals surface area contributed by atoms with Crippen molar-refractivity contribution in [3.05, 3.63) is 29.6 Å². The predicted molar refractivity (Wildman–Crippen MR) is 43.2 cm³/mol.